The van der Waals surface area contributed by atoms with Gasteiger partial charge in [-0.2, -0.15) is 0 Å². The molecule has 4 nitrogen and oxygen atoms in total. The van der Waals surface area contributed by atoms with Gasteiger partial charge >= 0.3 is 0 Å². The highest BCUT2D eigenvalue weighted by Crippen LogP contribution is 2.27. The summed E-state index contributed by atoms with van der Waals surface area (Å²) in [5.41, 5.74) is 1.07. The molecule has 22 heavy (non-hydrogen) atoms. The Balaban J connectivity index is 2.08. The van der Waals surface area contributed by atoms with E-state index in [0.29, 0.717) is 6.54 Å². The molecule has 1 amide bonds. The number of hydrogen-bond acceptors (Lipinski definition) is 4. The van der Waals surface area contributed by atoms with Gasteiger partial charge in [-0.1, -0.05) is 43.6 Å². The Morgan fingerprint density at radius 3 is 2.77 bits per heavy atom. The van der Waals surface area contributed by atoms with Crippen molar-refractivity contribution in [2.45, 2.75) is 25.9 Å². The normalized spacial score (nSPS) is 19.4. The molecule has 6 heteroatoms. The van der Waals surface area contributed by atoms with Gasteiger partial charge in [0.15, 0.2) is 0 Å². The lowest BCUT2D eigenvalue weighted by Crippen LogP contribution is -2.45. The lowest BCUT2D eigenvalue weighted by molar-refractivity contribution is -0.122. The number of carbonyl (C=O) groups excluding carboxylic acids is 1. The molecule has 2 unspecified atom stereocenters. The average molecular weight is 342 g/mol. The molecule has 1 aliphatic heterocycles. The molecule has 0 spiro atoms. The van der Waals surface area contributed by atoms with Crippen molar-refractivity contribution in [3.8, 4) is 0 Å². The fourth-order valence-electron chi connectivity index (χ4n) is 2.73. The Hall–Kier alpha value is -0.750. The van der Waals surface area contributed by atoms with E-state index in [1.54, 1.807) is 11.8 Å². The van der Waals surface area contributed by atoms with Crippen LogP contribution in [-0.2, 0) is 4.79 Å². The Kier molecular flexibility index (Phi) is 7.02. The van der Waals surface area contributed by atoms with Crippen molar-refractivity contribution in [2.24, 2.45) is 0 Å². The molecule has 2 atom stereocenters. The summed E-state index contributed by atoms with van der Waals surface area (Å²) >= 11 is 8.12. The average Bonchev–Trinajstić information content (AvgIpc) is 3.06. The molecule has 2 rings (SSSR count). The summed E-state index contributed by atoms with van der Waals surface area (Å²) in [7, 11) is 0. The number of amides is 1. The van der Waals surface area contributed by atoms with Gasteiger partial charge in [-0.3, -0.25) is 15.0 Å². The number of nitrogens with zero attached hydrogens (tertiary/aromatic N) is 1. The van der Waals surface area contributed by atoms with Crippen LogP contribution in [0.4, 0.5) is 0 Å². The van der Waals surface area contributed by atoms with E-state index in [9.17, 15) is 4.79 Å². The maximum Gasteiger partial charge on any atom is 0.238 e. The number of rotatable bonds is 7. The van der Waals surface area contributed by atoms with Crippen LogP contribution in [-0.4, -0.2) is 48.1 Å². The van der Waals surface area contributed by atoms with Crippen LogP contribution in [0.2, 0.25) is 5.02 Å². The summed E-state index contributed by atoms with van der Waals surface area (Å²) in [6.45, 7) is 6.67. The Labute approximate surface area is 142 Å². The highest BCUT2D eigenvalue weighted by molar-refractivity contribution is 7.99. The van der Waals surface area contributed by atoms with Crippen LogP contribution in [0.15, 0.2) is 24.3 Å². The molecule has 1 aliphatic rings. The first-order valence-corrected chi connectivity index (χ1v) is 9.27. The molecule has 0 aliphatic carbocycles. The minimum absolute atomic E-state index is 0.0754. The molecular formula is C16H24ClN3OS. The van der Waals surface area contributed by atoms with E-state index in [2.05, 4.69) is 29.4 Å². The van der Waals surface area contributed by atoms with Gasteiger partial charge in [-0.15, -0.1) is 11.8 Å². The van der Waals surface area contributed by atoms with Crippen LogP contribution in [0.25, 0.3) is 0 Å². The molecule has 1 aromatic carbocycles. The molecule has 0 saturated carbocycles. The van der Waals surface area contributed by atoms with Crippen molar-refractivity contribution in [3.63, 3.8) is 0 Å². The summed E-state index contributed by atoms with van der Waals surface area (Å²) in [6, 6.07) is 7.90. The van der Waals surface area contributed by atoms with Crippen molar-refractivity contribution < 1.29 is 4.79 Å². The first kappa shape index (κ1) is 17.6. The topological polar surface area (TPSA) is 44.4 Å². The highest BCUT2D eigenvalue weighted by atomic mass is 35.5. The summed E-state index contributed by atoms with van der Waals surface area (Å²) in [5.74, 6) is 1.77. The van der Waals surface area contributed by atoms with Crippen LogP contribution in [0.3, 0.4) is 0 Å². The van der Waals surface area contributed by atoms with Crippen molar-refractivity contribution in [2.75, 3.05) is 31.3 Å². The van der Waals surface area contributed by atoms with Gasteiger partial charge in [-0.05, 0) is 24.7 Å². The fraction of sp³-hybridized carbons (Fsp3) is 0.562. The second kappa shape index (κ2) is 8.77. The van der Waals surface area contributed by atoms with Crippen LogP contribution < -0.4 is 10.6 Å². The number of hydrogen-bond donors (Lipinski definition) is 2. The first-order valence-electron chi connectivity index (χ1n) is 7.74. The number of halogens is 1. The smallest absolute Gasteiger partial charge is 0.238 e. The predicted octanol–water partition coefficient (Wildman–Crippen LogP) is 2.50. The Morgan fingerprint density at radius 1 is 1.45 bits per heavy atom. The molecule has 1 saturated heterocycles. The molecule has 0 radical (unpaired) electrons. The SMILES string of the molecule is CCN(CC)C(CNC(=O)C1CSCN1)c1ccccc1Cl. The van der Waals surface area contributed by atoms with Gasteiger partial charge in [0.25, 0.3) is 0 Å². The molecule has 1 fully saturated rings. The van der Waals surface area contributed by atoms with E-state index < -0.39 is 0 Å². The second-order valence-electron chi connectivity index (χ2n) is 5.28. The number of likely N-dealkylation sites (N-methyl/N-ethyl adjacent to an activating group) is 1. The summed E-state index contributed by atoms with van der Waals surface area (Å²) in [4.78, 5) is 14.5. The van der Waals surface area contributed by atoms with Gasteiger partial charge in [0.05, 0.1) is 12.1 Å². The Morgan fingerprint density at radius 2 is 2.18 bits per heavy atom. The van der Waals surface area contributed by atoms with Crippen molar-refractivity contribution >= 4 is 29.3 Å². The zero-order chi connectivity index (χ0) is 15.9. The molecule has 1 aromatic rings. The van der Waals surface area contributed by atoms with Crippen LogP contribution >= 0.6 is 23.4 Å². The van der Waals surface area contributed by atoms with E-state index in [1.165, 1.54) is 0 Å². The third kappa shape index (κ3) is 4.38. The molecule has 0 aromatic heterocycles. The van der Waals surface area contributed by atoms with Gasteiger partial charge in [-0.25, -0.2) is 0 Å². The zero-order valence-electron chi connectivity index (χ0n) is 13.1. The maximum absolute atomic E-state index is 12.2. The van der Waals surface area contributed by atoms with Crippen LogP contribution in [0.5, 0.6) is 0 Å². The molecule has 2 N–H and O–H groups in total. The Bertz CT molecular complexity index is 490. The third-order valence-electron chi connectivity index (χ3n) is 4.02. The minimum Gasteiger partial charge on any atom is -0.353 e. The second-order valence-corrected chi connectivity index (χ2v) is 6.71. The van der Waals surface area contributed by atoms with Gasteiger partial charge in [0.1, 0.15) is 0 Å². The number of thioether (sulfide) groups is 1. The molecule has 122 valence electrons. The predicted molar refractivity (Wildman–Crippen MR) is 94.4 cm³/mol. The zero-order valence-corrected chi connectivity index (χ0v) is 14.7. The molecular weight excluding hydrogens is 318 g/mol. The molecule has 1 heterocycles. The highest BCUT2D eigenvalue weighted by Gasteiger charge is 2.25. The monoisotopic (exact) mass is 341 g/mol. The fourth-order valence-corrected chi connectivity index (χ4v) is 3.93. The lowest BCUT2D eigenvalue weighted by atomic mass is 10.0. The van der Waals surface area contributed by atoms with E-state index in [4.69, 9.17) is 11.6 Å². The molecule has 0 bridgehead atoms. The summed E-state index contributed by atoms with van der Waals surface area (Å²) in [5, 5.41) is 7.04. The largest absolute Gasteiger partial charge is 0.353 e. The van der Waals surface area contributed by atoms with E-state index in [1.807, 2.05) is 24.3 Å². The van der Waals surface area contributed by atoms with Crippen LogP contribution in [0, 0.1) is 0 Å². The quantitative estimate of drug-likeness (QED) is 0.800. The maximum atomic E-state index is 12.2. The number of carbonyl (C=O) groups is 1. The van der Waals surface area contributed by atoms with Gasteiger partial charge in [0, 0.05) is 23.2 Å². The van der Waals surface area contributed by atoms with Gasteiger partial charge in [0.2, 0.25) is 5.91 Å². The summed E-state index contributed by atoms with van der Waals surface area (Å²) < 4.78 is 0. The van der Waals surface area contributed by atoms with Crippen molar-refractivity contribution in [1.82, 2.24) is 15.5 Å². The number of benzene rings is 1. The minimum atomic E-state index is -0.0754. The first-order chi connectivity index (χ1) is 10.7. The van der Waals surface area contributed by atoms with E-state index in [0.717, 1.165) is 35.3 Å². The van der Waals surface area contributed by atoms with E-state index >= 15 is 0 Å². The standard InChI is InChI=1S/C16H24ClN3OS/c1-3-20(4-2)15(12-7-5-6-8-13(12)17)9-18-16(21)14-10-22-11-19-14/h5-8,14-15,19H,3-4,9-11H2,1-2H3,(H,18,21). The third-order valence-corrected chi connectivity index (χ3v) is 5.30. The summed E-state index contributed by atoms with van der Waals surface area (Å²) in [6.07, 6.45) is 0. The van der Waals surface area contributed by atoms with Gasteiger partial charge < -0.3 is 5.32 Å². The lowest BCUT2D eigenvalue weighted by Gasteiger charge is -2.31. The van der Waals surface area contributed by atoms with Crippen molar-refractivity contribution in [1.29, 1.82) is 0 Å². The van der Waals surface area contributed by atoms with Crippen molar-refractivity contribution in [3.05, 3.63) is 34.9 Å². The van der Waals surface area contributed by atoms with Crippen LogP contribution in [0.1, 0.15) is 25.5 Å². The van der Waals surface area contributed by atoms with E-state index in [-0.39, 0.29) is 18.0 Å². The number of nitrogens with one attached hydrogen (secondary N) is 2.